The van der Waals surface area contributed by atoms with Crippen molar-refractivity contribution < 1.29 is 41.8 Å². The van der Waals surface area contributed by atoms with E-state index in [1.165, 1.54) is 25.4 Å². The van der Waals surface area contributed by atoms with Crippen LogP contribution in [-0.2, 0) is 23.4 Å². The quantitative estimate of drug-likeness (QED) is 0.161. The molecule has 1 aromatic carbocycles. The van der Waals surface area contributed by atoms with E-state index in [0.29, 0.717) is 5.82 Å². The van der Waals surface area contributed by atoms with Crippen LogP contribution < -0.4 is 20.7 Å². The summed E-state index contributed by atoms with van der Waals surface area (Å²) in [5.74, 6) is -0.385. The summed E-state index contributed by atoms with van der Waals surface area (Å²) < 4.78 is 67.4. The monoisotopic (exact) mass is 625 g/mol. The molecule has 17 heteroatoms. The number of nitrogens with two attached hydrogens (primary N) is 1. The van der Waals surface area contributed by atoms with Crippen LogP contribution in [0.3, 0.4) is 0 Å². The summed E-state index contributed by atoms with van der Waals surface area (Å²) >= 11 is 0. The molecule has 3 aromatic rings. The third kappa shape index (κ3) is 6.73. The van der Waals surface area contributed by atoms with Gasteiger partial charge in [0.05, 0.1) is 19.0 Å². The van der Waals surface area contributed by atoms with Gasteiger partial charge in [-0.05, 0) is 45.7 Å². The molecule has 5 rings (SSSR count). The van der Waals surface area contributed by atoms with Crippen LogP contribution in [0.4, 0.5) is 20.5 Å². The summed E-state index contributed by atoms with van der Waals surface area (Å²) in [5, 5.41) is 16.6. The number of halogens is 2. The highest BCUT2D eigenvalue weighted by Gasteiger charge is 2.59. The number of imidazole rings is 1. The number of alkyl halides is 2. The van der Waals surface area contributed by atoms with Crippen molar-refractivity contribution in [3.63, 3.8) is 0 Å². The van der Waals surface area contributed by atoms with E-state index < -0.39 is 63.2 Å². The van der Waals surface area contributed by atoms with Crippen LogP contribution in [0.2, 0.25) is 0 Å². The van der Waals surface area contributed by atoms with Crippen LogP contribution in [0.15, 0.2) is 36.7 Å². The van der Waals surface area contributed by atoms with Crippen molar-refractivity contribution in [2.45, 2.75) is 75.9 Å². The Morgan fingerprint density at radius 2 is 2.00 bits per heavy atom. The lowest BCUT2D eigenvalue weighted by atomic mass is 9.97. The third-order valence-corrected chi connectivity index (χ3v) is 8.45. The highest BCUT2D eigenvalue weighted by molar-refractivity contribution is 7.52. The largest absolute Gasteiger partial charge is 0.462 e. The van der Waals surface area contributed by atoms with E-state index in [0.717, 1.165) is 17.4 Å². The topological polar surface area (TPSA) is 185 Å². The number of hydrogen-bond donors (Lipinski definition) is 4. The van der Waals surface area contributed by atoms with Crippen LogP contribution in [0, 0.1) is 0 Å². The zero-order valence-electron chi connectivity index (χ0n) is 23.7. The Morgan fingerprint density at radius 1 is 1.28 bits per heavy atom. The molecule has 0 bridgehead atoms. The molecule has 234 valence electrons. The standard InChI is InChI=1S/C26H34F2N7O7P/c1-14(2)40-23(37)15(3)34-43(38,42-17-7-5-4-6-8-17)39-11-18-20(36)26(28,12-27)24(41-18)35-13-30-19-21(31-16-9-10-16)32-25(29)33-22(19)35/h4-8,13-16,18,20,24,36H,9-12H2,1-3H3,(H,34,38)(H3,29,31,32,33)/t15-,18-,20-,24-,26-,43+/m1/s1. The molecule has 0 radical (unpaired) electrons. The van der Waals surface area contributed by atoms with E-state index in [1.54, 1.807) is 32.0 Å². The number of para-hydroxylation sites is 1. The minimum Gasteiger partial charge on any atom is -0.462 e. The van der Waals surface area contributed by atoms with E-state index in [-0.39, 0.29) is 28.9 Å². The van der Waals surface area contributed by atoms with Gasteiger partial charge in [0.2, 0.25) is 11.6 Å². The first-order valence-electron chi connectivity index (χ1n) is 13.7. The first kappa shape index (κ1) is 31.0. The molecule has 0 amide bonds. The minimum atomic E-state index is -4.39. The first-order valence-corrected chi connectivity index (χ1v) is 15.3. The van der Waals surface area contributed by atoms with Crippen molar-refractivity contribution in [2.75, 3.05) is 24.3 Å². The second-order valence-corrected chi connectivity index (χ2v) is 12.4. The van der Waals surface area contributed by atoms with Crippen molar-refractivity contribution in [1.29, 1.82) is 0 Å². The van der Waals surface area contributed by atoms with Gasteiger partial charge in [0.1, 0.15) is 30.7 Å². The second kappa shape index (κ2) is 12.3. The fraction of sp³-hybridized carbons (Fsp3) is 0.538. The maximum atomic E-state index is 16.1. The molecule has 5 N–H and O–H groups in total. The molecule has 1 aliphatic heterocycles. The molecule has 1 saturated heterocycles. The lowest BCUT2D eigenvalue weighted by molar-refractivity contribution is -0.149. The molecule has 43 heavy (non-hydrogen) atoms. The zero-order valence-corrected chi connectivity index (χ0v) is 24.6. The number of anilines is 2. The zero-order chi connectivity index (χ0) is 30.9. The Bertz CT molecular complexity index is 1500. The summed E-state index contributed by atoms with van der Waals surface area (Å²) in [4.78, 5) is 25.0. The molecule has 3 heterocycles. The number of nitrogens with zero attached hydrogens (tertiary/aromatic N) is 4. The SMILES string of the molecule is CC(C)OC(=O)[C@@H](C)N[P@](=O)(OC[C@H]1O[C@@H](n2cnc3c(NC4CC4)nc(N)nc32)[C@@](F)(CF)[C@@H]1O)Oc1ccccc1. The molecule has 0 unspecified atom stereocenters. The first-order chi connectivity index (χ1) is 20.4. The lowest BCUT2D eigenvalue weighted by Crippen LogP contribution is -2.45. The van der Waals surface area contributed by atoms with Crippen molar-refractivity contribution >= 4 is 36.6 Å². The summed E-state index contributed by atoms with van der Waals surface area (Å²) in [7, 11) is -4.39. The lowest BCUT2D eigenvalue weighted by Gasteiger charge is -2.26. The summed E-state index contributed by atoms with van der Waals surface area (Å²) in [6.45, 7) is 2.34. The molecule has 2 aromatic heterocycles. The molecule has 1 aliphatic carbocycles. The number of benzene rings is 1. The van der Waals surface area contributed by atoms with Gasteiger partial charge in [0.15, 0.2) is 23.2 Å². The normalized spacial score (nSPS) is 25.9. The van der Waals surface area contributed by atoms with Crippen molar-refractivity contribution in [3.8, 4) is 5.75 Å². The highest BCUT2D eigenvalue weighted by Crippen LogP contribution is 2.48. The number of hydrogen-bond acceptors (Lipinski definition) is 12. The number of rotatable bonds is 13. The fourth-order valence-corrected chi connectivity index (χ4v) is 6.02. The molecule has 0 spiro atoms. The Kier molecular flexibility index (Phi) is 8.86. The van der Waals surface area contributed by atoms with Crippen molar-refractivity contribution in [3.05, 3.63) is 36.7 Å². The molecule has 14 nitrogen and oxygen atoms in total. The van der Waals surface area contributed by atoms with Gasteiger partial charge in [0, 0.05) is 6.04 Å². The van der Waals surface area contributed by atoms with Gasteiger partial charge in [-0.1, -0.05) is 18.2 Å². The number of fused-ring (bicyclic) bond motifs is 1. The van der Waals surface area contributed by atoms with Gasteiger partial charge in [0.25, 0.3) is 0 Å². The van der Waals surface area contributed by atoms with Gasteiger partial charge in [-0.3, -0.25) is 13.9 Å². The second-order valence-electron chi connectivity index (χ2n) is 10.7. The number of esters is 1. The smallest absolute Gasteiger partial charge is 0.459 e. The average molecular weight is 626 g/mol. The Balaban J connectivity index is 1.38. The molecule has 1 saturated carbocycles. The Morgan fingerprint density at radius 3 is 2.65 bits per heavy atom. The van der Waals surface area contributed by atoms with E-state index in [2.05, 4.69) is 25.4 Å². The van der Waals surface area contributed by atoms with Gasteiger partial charge < -0.3 is 30.2 Å². The van der Waals surface area contributed by atoms with Crippen LogP contribution in [0.1, 0.15) is 39.8 Å². The number of carbonyl (C=O) groups excluding carboxylic acids is 1. The van der Waals surface area contributed by atoms with Crippen molar-refractivity contribution in [1.82, 2.24) is 24.6 Å². The number of aliphatic hydroxyl groups is 1. The van der Waals surface area contributed by atoms with E-state index in [4.69, 9.17) is 24.3 Å². The van der Waals surface area contributed by atoms with Gasteiger partial charge in [-0.2, -0.15) is 15.1 Å². The molecule has 2 aliphatic rings. The predicted octanol–water partition coefficient (Wildman–Crippen LogP) is 3.05. The van der Waals surface area contributed by atoms with Crippen LogP contribution >= 0.6 is 7.75 Å². The summed E-state index contributed by atoms with van der Waals surface area (Å²) in [6.07, 6.45) is -2.73. The molecule has 6 atom stereocenters. The van der Waals surface area contributed by atoms with Gasteiger partial charge in [-0.25, -0.2) is 18.3 Å². The van der Waals surface area contributed by atoms with Crippen molar-refractivity contribution in [2.24, 2.45) is 0 Å². The van der Waals surface area contributed by atoms with E-state index in [9.17, 15) is 18.9 Å². The Labute approximate surface area is 245 Å². The number of aromatic nitrogens is 4. The number of aliphatic hydroxyl groups excluding tert-OH is 1. The van der Waals surface area contributed by atoms with Crippen LogP contribution in [-0.4, -0.2) is 79.9 Å². The molecule has 2 fully saturated rings. The minimum absolute atomic E-state index is 0.0575. The maximum absolute atomic E-state index is 16.1. The maximum Gasteiger partial charge on any atom is 0.459 e. The summed E-state index contributed by atoms with van der Waals surface area (Å²) in [6, 6.07) is 7.01. The number of carbonyl (C=O) groups is 1. The average Bonchev–Trinajstić information content (AvgIpc) is 3.62. The highest BCUT2D eigenvalue weighted by atomic mass is 31.2. The van der Waals surface area contributed by atoms with Gasteiger partial charge >= 0.3 is 13.7 Å². The van der Waals surface area contributed by atoms with Gasteiger partial charge in [-0.15, -0.1) is 0 Å². The fourth-order valence-electron chi connectivity index (χ4n) is 4.51. The number of ether oxygens (including phenoxy) is 2. The van der Waals surface area contributed by atoms with Crippen LogP contribution in [0.25, 0.3) is 11.2 Å². The molecular formula is C26H34F2N7O7P. The Hall–Kier alpha value is -3.43. The summed E-state index contributed by atoms with van der Waals surface area (Å²) in [5.41, 5.74) is 3.22. The number of nitrogen functional groups attached to an aromatic ring is 1. The predicted molar refractivity (Wildman–Crippen MR) is 151 cm³/mol. The molecular weight excluding hydrogens is 591 g/mol. The van der Waals surface area contributed by atoms with E-state index in [1.807, 2.05) is 0 Å². The third-order valence-electron chi connectivity index (χ3n) is 6.81. The van der Waals surface area contributed by atoms with E-state index >= 15 is 4.39 Å². The van der Waals surface area contributed by atoms with Crippen LogP contribution in [0.5, 0.6) is 5.75 Å². The number of nitrogens with one attached hydrogen (secondary N) is 2.